The molecule has 19 heavy (non-hydrogen) atoms. The Bertz CT molecular complexity index is 477. The number of hydrogen-bond donors (Lipinski definition) is 2. The smallest absolute Gasteiger partial charge is 0.310 e. The molecule has 0 aliphatic rings. The van der Waals surface area contributed by atoms with Gasteiger partial charge in [-0.25, -0.2) is 0 Å². The molecule has 1 aromatic rings. The van der Waals surface area contributed by atoms with Gasteiger partial charge in [-0.2, -0.15) is 5.10 Å². The van der Waals surface area contributed by atoms with E-state index in [0.29, 0.717) is 6.54 Å². The molecule has 1 amide bonds. The molecule has 106 valence electrons. The molecule has 6 nitrogen and oxygen atoms in total. The maximum absolute atomic E-state index is 11.7. The Balaban J connectivity index is 2.41. The normalized spacial score (nSPS) is 11.4. The number of carboxylic acid groups (broad SMARTS) is 1. The van der Waals surface area contributed by atoms with Gasteiger partial charge in [-0.3, -0.25) is 14.3 Å². The number of carbonyl (C=O) groups excluding carboxylic acids is 1. The number of aryl methyl sites for hydroxylation is 3. The van der Waals surface area contributed by atoms with E-state index in [4.69, 9.17) is 5.11 Å². The van der Waals surface area contributed by atoms with Crippen LogP contribution in [0.15, 0.2) is 6.07 Å². The van der Waals surface area contributed by atoms with Crippen molar-refractivity contribution in [3.05, 3.63) is 17.5 Å². The number of aliphatic carboxylic acids is 1. The zero-order valence-corrected chi connectivity index (χ0v) is 11.9. The van der Waals surface area contributed by atoms with E-state index in [-0.39, 0.29) is 18.9 Å². The van der Waals surface area contributed by atoms with E-state index < -0.39 is 11.4 Å². The Labute approximate surface area is 112 Å². The van der Waals surface area contributed by atoms with Crippen molar-refractivity contribution in [1.82, 2.24) is 15.1 Å². The summed E-state index contributed by atoms with van der Waals surface area (Å²) in [5.74, 6) is -1.09. The van der Waals surface area contributed by atoms with Gasteiger partial charge < -0.3 is 10.4 Å². The van der Waals surface area contributed by atoms with E-state index in [1.807, 2.05) is 19.9 Å². The Morgan fingerprint density at radius 3 is 2.53 bits per heavy atom. The molecule has 0 aliphatic heterocycles. The number of amides is 1. The highest BCUT2D eigenvalue weighted by molar-refractivity contribution is 5.78. The summed E-state index contributed by atoms with van der Waals surface area (Å²) < 4.78 is 1.78. The molecule has 6 heteroatoms. The molecule has 0 saturated heterocycles. The van der Waals surface area contributed by atoms with Crippen molar-refractivity contribution in [3.8, 4) is 0 Å². The first-order chi connectivity index (χ1) is 8.72. The number of hydrogen-bond acceptors (Lipinski definition) is 3. The lowest BCUT2D eigenvalue weighted by atomic mass is 9.94. The molecule has 1 aromatic heterocycles. The Morgan fingerprint density at radius 2 is 2.05 bits per heavy atom. The van der Waals surface area contributed by atoms with Crippen LogP contribution in [0.2, 0.25) is 0 Å². The van der Waals surface area contributed by atoms with E-state index in [2.05, 4.69) is 10.4 Å². The van der Waals surface area contributed by atoms with Crippen LogP contribution in [0.4, 0.5) is 0 Å². The predicted octanol–water partition coefficient (Wildman–Crippen LogP) is 1.12. The highest BCUT2D eigenvalue weighted by atomic mass is 16.4. The van der Waals surface area contributed by atoms with Crippen LogP contribution in [0.1, 0.15) is 31.7 Å². The number of nitrogens with zero attached hydrogens (tertiary/aromatic N) is 2. The molecule has 1 heterocycles. The third-order valence-corrected chi connectivity index (χ3v) is 2.96. The average molecular weight is 267 g/mol. The van der Waals surface area contributed by atoms with Crippen molar-refractivity contribution in [2.45, 2.75) is 40.7 Å². The molecule has 0 saturated carbocycles. The fourth-order valence-corrected chi connectivity index (χ4v) is 1.59. The van der Waals surface area contributed by atoms with Crippen molar-refractivity contribution in [2.24, 2.45) is 5.41 Å². The summed E-state index contributed by atoms with van der Waals surface area (Å²) in [5, 5.41) is 15.8. The minimum Gasteiger partial charge on any atom is -0.481 e. The SMILES string of the molecule is Cc1cc(C)n(CCC(=O)NCC(C)(C)C(=O)O)n1. The topological polar surface area (TPSA) is 84.2 Å². The minimum absolute atomic E-state index is 0.123. The molecule has 1 rings (SSSR count). The summed E-state index contributed by atoms with van der Waals surface area (Å²) in [7, 11) is 0. The quantitative estimate of drug-likeness (QED) is 0.809. The molecule has 0 spiro atoms. The zero-order valence-electron chi connectivity index (χ0n) is 11.9. The minimum atomic E-state index is -0.951. The van der Waals surface area contributed by atoms with Crippen molar-refractivity contribution in [3.63, 3.8) is 0 Å². The molecule has 2 N–H and O–H groups in total. The second kappa shape index (κ2) is 5.86. The van der Waals surface area contributed by atoms with E-state index in [9.17, 15) is 9.59 Å². The maximum atomic E-state index is 11.7. The number of aromatic nitrogens is 2. The molecule has 0 unspecified atom stereocenters. The van der Waals surface area contributed by atoms with Crippen LogP contribution in [-0.4, -0.2) is 33.3 Å². The Hall–Kier alpha value is -1.85. The molecule has 0 aliphatic carbocycles. The second-order valence-corrected chi connectivity index (χ2v) is 5.37. The lowest BCUT2D eigenvalue weighted by Gasteiger charge is -2.19. The summed E-state index contributed by atoms with van der Waals surface area (Å²) in [6.07, 6.45) is 0.289. The van der Waals surface area contributed by atoms with Gasteiger partial charge in [0.1, 0.15) is 0 Å². The Morgan fingerprint density at radius 1 is 1.42 bits per heavy atom. The molecule has 0 aromatic carbocycles. The van der Waals surface area contributed by atoms with Crippen molar-refractivity contribution < 1.29 is 14.7 Å². The van der Waals surface area contributed by atoms with Crippen LogP contribution < -0.4 is 5.32 Å². The van der Waals surface area contributed by atoms with Crippen LogP contribution in [0.3, 0.4) is 0 Å². The number of rotatable bonds is 6. The summed E-state index contributed by atoms with van der Waals surface area (Å²) in [5.41, 5.74) is 0.981. The summed E-state index contributed by atoms with van der Waals surface area (Å²) >= 11 is 0. The average Bonchev–Trinajstić information content (AvgIpc) is 2.62. The number of carbonyl (C=O) groups is 2. The van der Waals surface area contributed by atoms with E-state index in [0.717, 1.165) is 11.4 Å². The van der Waals surface area contributed by atoms with E-state index in [1.54, 1.807) is 18.5 Å². The summed E-state index contributed by atoms with van der Waals surface area (Å²) in [6, 6.07) is 1.95. The van der Waals surface area contributed by atoms with Gasteiger partial charge in [0.2, 0.25) is 5.91 Å². The number of nitrogens with one attached hydrogen (secondary N) is 1. The van der Waals surface area contributed by atoms with E-state index >= 15 is 0 Å². The first-order valence-corrected chi connectivity index (χ1v) is 6.23. The summed E-state index contributed by atoms with van der Waals surface area (Å²) in [4.78, 5) is 22.6. The molecule has 0 atom stereocenters. The van der Waals surface area contributed by atoms with Gasteiger partial charge in [0.15, 0.2) is 0 Å². The van der Waals surface area contributed by atoms with Gasteiger partial charge >= 0.3 is 5.97 Å². The first-order valence-electron chi connectivity index (χ1n) is 6.23. The highest BCUT2D eigenvalue weighted by Gasteiger charge is 2.27. The van der Waals surface area contributed by atoms with Crippen LogP contribution in [0.5, 0.6) is 0 Å². The zero-order chi connectivity index (χ0) is 14.6. The largest absolute Gasteiger partial charge is 0.481 e. The van der Waals surface area contributed by atoms with Crippen molar-refractivity contribution >= 4 is 11.9 Å². The monoisotopic (exact) mass is 267 g/mol. The molecular weight excluding hydrogens is 246 g/mol. The third kappa shape index (κ3) is 4.39. The van der Waals surface area contributed by atoms with Crippen LogP contribution in [-0.2, 0) is 16.1 Å². The molecule has 0 fully saturated rings. The highest BCUT2D eigenvalue weighted by Crippen LogP contribution is 2.13. The maximum Gasteiger partial charge on any atom is 0.310 e. The molecule has 0 radical (unpaired) electrons. The molecule has 0 bridgehead atoms. The van der Waals surface area contributed by atoms with Gasteiger partial charge in [-0.1, -0.05) is 0 Å². The van der Waals surface area contributed by atoms with Crippen LogP contribution >= 0.6 is 0 Å². The van der Waals surface area contributed by atoms with Crippen LogP contribution in [0.25, 0.3) is 0 Å². The summed E-state index contributed by atoms with van der Waals surface area (Å²) in [6.45, 7) is 7.62. The van der Waals surface area contributed by atoms with Crippen molar-refractivity contribution in [1.29, 1.82) is 0 Å². The fraction of sp³-hybridized carbons (Fsp3) is 0.615. The van der Waals surface area contributed by atoms with Gasteiger partial charge in [0.05, 0.1) is 11.1 Å². The predicted molar refractivity (Wildman–Crippen MR) is 70.7 cm³/mol. The first kappa shape index (κ1) is 15.2. The number of carboxylic acids is 1. The van der Waals surface area contributed by atoms with Gasteiger partial charge in [-0.05, 0) is 33.8 Å². The van der Waals surface area contributed by atoms with Crippen LogP contribution in [0, 0.1) is 19.3 Å². The fourth-order valence-electron chi connectivity index (χ4n) is 1.59. The van der Waals surface area contributed by atoms with Crippen molar-refractivity contribution in [2.75, 3.05) is 6.54 Å². The standard InChI is InChI=1S/C13H21N3O3/c1-9-7-10(2)16(15-9)6-5-11(17)14-8-13(3,4)12(18)19/h7H,5-6,8H2,1-4H3,(H,14,17)(H,18,19). The van der Waals surface area contributed by atoms with E-state index in [1.165, 1.54) is 0 Å². The second-order valence-electron chi connectivity index (χ2n) is 5.37. The van der Waals surface area contributed by atoms with Gasteiger partial charge in [-0.15, -0.1) is 0 Å². The van der Waals surface area contributed by atoms with Gasteiger partial charge in [0, 0.05) is 25.2 Å². The lowest BCUT2D eigenvalue weighted by Crippen LogP contribution is -2.39. The lowest BCUT2D eigenvalue weighted by molar-refractivity contribution is -0.146. The Kier molecular flexibility index (Phi) is 4.69. The third-order valence-electron chi connectivity index (χ3n) is 2.96. The van der Waals surface area contributed by atoms with Gasteiger partial charge in [0.25, 0.3) is 0 Å². The molecular formula is C13H21N3O3.